The van der Waals surface area contributed by atoms with Gasteiger partial charge < -0.3 is 10.1 Å². The molecule has 1 heterocycles. The highest BCUT2D eigenvalue weighted by Gasteiger charge is 2.13. The first kappa shape index (κ1) is 21.3. The minimum absolute atomic E-state index is 0.0433. The first-order valence-electron chi connectivity index (χ1n) is 9.44. The fraction of sp³-hybridized carbons (Fsp3) is 0.182. The number of aryl methyl sites for hydroxylation is 1. The smallest absolute Gasteiger partial charge is 0.364 e. The van der Waals surface area contributed by atoms with E-state index in [0.29, 0.717) is 22.8 Å². The summed E-state index contributed by atoms with van der Waals surface area (Å²) in [6.07, 6.45) is 1.69. The van der Waals surface area contributed by atoms with Crippen molar-refractivity contribution >= 4 is 29.2 Å². The summed E-state index contributed by atoms with van der Waals surface area (Å²) in [7, 11) is 0. The SMILES string of the molecule is CCCCn1nc(C(=O)Oc2ccc(NC(=O)c3ccccc3Cl)cc2)ccc1=O. The summed E-state index contributed by atoms with van der Waals surface area (Å²) >= 11 is 6.03. The standard InChI is InChI=1S/C22H20ClN3O4/c1-2-3-14-26-20(27)13-12-19(25-26)22(29)30-16-10-8-15(9-11-16)24-21(28)17-6-4-5-7-18(17)23/h4-13H,2-3,14H2,1H3,(H,24,28). The molecule has 0 saturated heterocycles. The number of anilines is 1. The van der Waals surface area contributed by atoms with Crippen molar-refractivity contribution < 1.29 is 14.3 Å². The first-order chi connectivity index (χ1) is 14.5. The van der Waals surface area contributed by atoms with Crippen molar-refractivity contribution in [1.82, 2.24) is 9.78 Å². The molecular formula is C22H20ClN3O4. The summed E-state index contributed by atoms with van der Waals surface area (Å²) in [4.78, 5) is 36.5. The third kappa shape index (κ3) is 5.33. The molecule has 1 amide bonds. The lowest BCUT2D eigenvalue weighted by atomic mass is 10.2. The van der Waals surface area contributed by atoms with Gasteiger partial charge in [0, 0.05) is 18.3 Å². The second-order valence-electron chi connectivity index (χ2n) is 6.48. The van der Waals surface area contributed by atoms with Crippen LogP contribution in [0.25, 0.3) is 0 Å². The number of unbranched alkanes of at least 4 members (excludes halogenated alkanes) is 1. The van der Waals surface area contributed by atoms with Gasteiger partial charge in [-0.3, -0.25) is 9.59 Å². The number of rotatable bonds is 7. The van der Waals surface area contributed by atoms with E-state index in [0.717, 1.165) is 12.8 Å². The molecule has 0 aliphatic heterocycles. The van der Waals surface area contributed by atoms with E-state index < -0.39 is 5.97 Å². The van der Waals surface area contributed by atoms with Crippen LogP contribution in [0.2, 0.25) is 5.02 Å². The molecule has 0 spiro atoms. The molecule has 0 fully saturated rings. The Balaban J connectivity index is 1.65. The lowest BCUT2D eigenvalue weighted by Crippen LogP contribution is -2.25. The Hall–Kier alpha value is -3.45. The van der Waals surface area contributed by atoms with Gasteiger partial charge in [-0.2, -0.15) is 5.10 Å². The normalized spacial score (nSPS) is 10.5. The number of hydrogen-bond acceptors (Lipinski definition) is 5. The van der Waals surface area contributed by atoms with E-state index in [1.165, 1.54) is 16.8 Å². The van der Waals surface area contributed by atoms with Gasteiger partial charge in [-0.15, -0.1) is 0 Å². The summed E-state index contributed by atoms with van der Waals surface area (Å²) in [5, 5.41) is 7.15. The largest absolute Gasteiger partial charge is 0.422 e. The maximum Gasteiger partial charge on any atom is 0.364 e. The van der Waals surface area contributed by atoms with E-state index in [-0.39, 0.29) is 22.9 Å². The van der Waals surface area contributed by atoms with Crippen molar-refractivity contribution in [2.75, 3.05) is 5.32 Å². The molecule has 0 unspecified atom stereocenters. The fourth-order valence-corrected chi connectivity index (χ4v) is 2.86. The van der Waals surface area contributed by atoms with E-state index in [1.807, 2.05) is 6.92 Å². The van der Waals surface area contributed by atoms with Gasteiger partial charge in [-0.1, -0.05) is 37.1 Å². The number of esters is 1. The average molecular weight is 426 g/mol. The molecular weight excluding hydrogens is 406 g/mol. The molecule has 30 heavy (non-hydrogen) atoms. The topological polar surface area (TPSA) is 90.3 Å². The Morgan fingerprint density at radius 1 is 1.07 bits per heavy atom. The van der Waals surface area contributed by atoms with Crippen LogP contribution in [0.1, 0.15) is 40.6 Å². The second-order valence-corrected chi connectivity index (χ2v) is 6.89. The Morgan fingerprint density at radius 3 is 2.50 bits per heavy atom. The minimum atomic E-state index is -0.673. The zero-order valence-electron chi connectivity index (χ0n) is 16.3. The number of halogens is 1. The van der Waals surface area contributed by atoms with E-state index in [1.54, 1.807) is 48.5 Å². The zero-order chi connectivity index (χ0) is 21.5. The molecule has 0 aliphatic carbocycles. The van der Waals surface area contributed by atoms with Gasteiger partial charge >= 0.3 is 5.97 Å². The van der Waals surface area contributed by atoms with Crippen molar-refractivity contribution in [2.24, 2.45) is 0 Å². The summed E-state index contributed by atoms with van der Waals surface area (Å²) in [6, 6.07) is 15.7. The Morgan fingerprint density at radius 2 is 1.80 bits per heavy atom. The van der Waals surface area contributed by atoms with Crippen LogP contribution >= 0.6 is 11.6 Å². The van der Waals surface area contributed by atoms with Gasteiger partial charge in [0.1, 0.15) is 5.75 Å². The van der Waals surface area contributed by atoms with Crippen molar-refractivity contribution in [2.45, 2.75) is 26.3 Å². The number of ether oxygens (including phenoxy) is 1. The molecule has 2 aromatic carbocycles. The van der Waals surface area contributed by atoms with Crippen LogP contribution in [0.4, 0.5) is 5.69 Å². The highest BCUT2D eigenvalue weighted by molar-refractivity contribution is 6.34. The lowest BCUT2D eigenvalue weighted by molar-refractivity contribution is 0.0725. The van der Waals surface area contributed by atoms with Crippen LogP contribution in [-0.4, -0.2) is 21.7 Å². The molecule has 3 rings (SSSR count). The number of benzene rings is 2. The van der Waals surface area contributed by atoms with Crippen LogP contribution in [-0.2, 0) is 6.54 Å². The molecule has 154 valence electrons. The molecule has 3 aromatic rings. The Labute approximate surface area is 178 Å². The maximum absolute atomic E-state index is 12.4. The van der Waals surface area contributed by atoms with E-state index in [2.05, 4.69) is 10.4 Å². The number of carbonyl (C=O) groups excluding carboxylic acids is 2. The van der Waals surface area contributed by atoms with Gasteiger partial charge in [0.05, 0.1) is 10.6 Å². The van der Waals surface area contributed by atoms with Crippen LogP contribution in [0.3, 0.4) is 0 Å². The third-order valence-electron chi connectivity index (χ3n) is 4.24. The molecule has 1 N–H and O–H groups in total. The number of aromatic nitrogens is 2. The van der Waals surface area contributed by atoms with E-state index >= 15 is 0 Å². The van der Waals surface area contributed by atoms with Gasteiger partial charge in [0.2, 0.25) is 0 Å². The van der Waals surface area contributed by atoms with Crippen LogP contribution in [0.5, 0.6) is 5.75 Å². The quantitative estimate of drug-likeness (QED) is 0.453. The number of amides is 1. The molecule has 0 radical (unpaired) electrons. The van der Waals surface area contributed by atoms with E-state index in [9.17, 15) is 14.4 Å². The predicted octanol–water partition coefficient (Wildman–Crippen LogP) is 4.17. The lowest BCUT2D eigenvalue weighted by Gasteiger charge is -2.09. The van der Waals surface area contributed by atoms with Crippen molar-refractivity contribution in [1.29, 1.82) is 0 Å². The summed E-state index contributed by atoms with van der Waals surface area (Å²) in [5.41, 5.74) is 0.658. The number of hydrogen-bond donors (Lipinski definition) is 1. The van der Waals surface area contributed by atoms with Crippen LogP contribution in [0.15, 0.2) is 65.5 Å². The molecule has 1 aromatic heterocycles. The molecule has 0 saturated carbocycles. The number of nitrogens with one attached hydrogen (secondary N) is 1. The van der Waals surface area contributed by atoms with Crippen molar-refractivity contribution in [3.8, 4) is 5.75 Å². The van der Waals surface area contributed by atoms with Crippen molar-refractivity contribution in [3.05, 3.63) is 87.3 Å². The molecule has 7 nitrogen and oxygen atoms in total. The summed E-state index contributed by atoms with van der Waals surface area (Å²) < 4.78 is 6.57. The van der Waals surface area contributed by atoms with E-state index in [4.69, 9.17) is 16.3 Å². The Bertz CT molecular complexity index is 1110. The Kier molecular flexibility index (Phi) is 6.98. The monoisotopic (exact) mass is 425 g/mol. The molecule has 8 heteroatoms. The van der Waals surface area contributed by atoms with Crippen LogP contribution in [0, 0.1) is 0 Å². The second kappa shape index (κ2) is 9.84. The molecule has 0 aliphatic rings. The van der Waals surface area contributed by atoms with Crippen molar-refractivity contribution in [3.63, 3.8) is 0 Å². The van der Waals surface area contributed by atoms with Crippen LogP contribution < -0.4 is 15.6 Å². The first-order valence-corrected chi connectivity index (χ1v) is 9.82. The fourth-order valence-electron chi connectivity index (χ4n) is 2.64. The maximum atomic E-state index is 12.4. The predicted molar refractivity (Wildman–Crippen MR) is 114 cm³/mol. The van der Waals surface area contributed by atoms with Gasteiger partial charge in [-0.25, -0.2) is 9.48 Å². The van der Waals surface area contributed by atoms with Gasteiger partial charge in [-0.05, 0) is 48.9 Å². The minimum Gasteiger partial charge on any atom is -0.422 e. The molecule has 0 bridgehead atoms. The third-order valence-corrected chi connectivity index (χ3v) is 4.57. The number of carbonyl (C=O) groups is 2. The number of nitrogens with zero attached hydrogens (tertiary/aromatic N) is 2. The molecule has 0 atom stereocenters. The highest BCUT2D eigenvalue weighted by Crippen LogP contribution is 2.20. The van der Waals surface area contributed by atoms with Gasteiger partial charge in [0.15, 0.2) is 5.69 Å². The highest BCUT2D eigenvalue weighted by atomic mass is 35.5. The zero-order valence-corrected chi connectivity index (χ0v) is 17.1. The average Bonchev–Trinajstić information content (AvgIpc) is 2.74. The summed E-state index contributed by atoms with van der Waals surface area (Å²) in [6.45, 7) is 2.44. The summed E-state index contributed by atoms with van der Waals surface area (Å²) in [5.74, 6) is -0.735. The van der Waals surface area contributed by atoms with Gasteiger partial charge in [0.25, 0.3) is 11.5 Å².